The normalized spacial score (nSPS) is 11.8. The largest absolute Gasteiger partial charge is 0.419 e. The summed E-state index contributed by atoms with van der Waals surface area (Å²) in [6.07, 6.45) is -3.09. The predicted octanol–water partition coefficient (Wildman–Crippen LogP) is 5.37. The lowest BCUT2D eigenvalue weighted by Gasteiger charge is -2.13. The molecule has 0 aliphatic carbocycles. The molecule has 0 spiro atoms. The van der Waals surface area contributed by atoms with Crippen LogP contribution in [0.1, 0.15) is 22.4 Å². The molecule has 1 heterocycles. The zero-order valence-electron chi connectivity index (χ0n) is 13.7. The van der Waals surface area contributed by atoms with Crippen LogP contribution in [0.4, 0.5) is 17.6 Å². The maximum Gasteiger partial charge on any atom is 0.419 e. The van der Waals surface area contributed by atoms with Crippen LogP contribution in [0.25, 0.3) is 11.4 Å². The Morgan fingerprint density at radius 3 is 2.40 bits per heavy atom. The summed E-state index contributed by atoms with van der Waals surface area (Å²) in [4.78, 5) is 4.26. The van der Waals surface area contributed by atoms with Gasteiger partial charge >= 0.3 is 6.18 Å². The number of imidazole rings is 1. The summed E-state index contributed by atoms with van der Waals surface area (Å²) in [5, 5.41) is 0. The van der Waals surface area contributed by atoms with Crippen molar-refractivity contribution in [2.75, 3.05) is 0 Å². The molecule has 0 bridgehead atoms. The van der Waals surface area contributed by atoms with Crippen LogP contribution in [0.5, 0.6) is 0 Å². The Balaban J connectivity index is 2.02. The van der Waals surface area contributed by atoms with Gasteiger partial charge in [-0.25, -0.2) is 9.37 Å². The van der Waals surface area contributed by atoms with Gasteiger partial charge in [0.25, 0.3) is 0 Å². The van der Waals surface area contributed by atoms with Crippen molar-refractivity contribution in [1.29, 1.82) is 0 Å². The highest BCUT2D eigenvalue weighted by molar-refractivity contribution is 5.57. The molecule has 0 saturated heterocycles. The second-order valence-corrected chi connectivity index (χ2v) is 5.93. The molecule has 2 nitrogen and oxygen atoms in total. The van der Waals surface area contributed by atoms with E-state index in [0.29, 0.717) is 17.9 Å². The third-order valence-electron chi connectivity index (χ3n) is 4.18. The Morgan fingerprint density at radius 1 is 1.04 bits per heavy atom. The molecular weight excluding hydrogens is 332 g/mol. The lowest BCUT2D eigenvalue weighted by Crippen LogP contribution is -2.09. The standard InChI is InChI=1S/C19H16F4N2/c1-12-5-3-4-6-15(12)11-25-13(2)10-24-18(25)14-7-8-16(17(20)9-14)19(21,22)23/h3-10H,11H2,1-2H3. The van der Waals surface area contributed by atoms with E-state index in [4.69, 9.17) is 0 Å². The first-order valence-electron chi connectivity index (χ1n) is 7.71. The molecule has 0 N–H and O–H groups in total. The van der Waals surface area contributed by atoms with E-state index in [1.807, 2.05) is 42.7 Å². The highest BCUT2D eigenvalue weighted by atomic mass is 19.4. The van der Waals surface area contributed by atoms with Crippen LogP contribution in [0, 0.1) is 19.7 Å². The van der Waals surface area contributed by atoms with Crippen molar-refractivity contribution >= 4 is 0 Å². The van der Waals surface area contributed by atoms with Gasteiger partial charge in [-0.3, -0.25) is 0 Å². The Bertz CT molecular complexity index is 910. The smallest absolute Gasteiger partial charge is 0.324 e. The molecule has 3 aromatic rings. The molecule has 0 amide bonds. The quantitative estimate of drug-likeness (QED) is 0.582. The molecule has 0 unspecified atom stereocenters. The van der Waals surface area contributed by atoms with Crippen LogP contribution < -0.4 is 0 Å². The highest BCUT2D eigenvalue weighted by Gasteiger charge is 2.34. The van der Waals surface area contributed by atoms with E-state index in [1.165, 1.54) is 6.07 Å². The summed E-state index contributed by atoms with van der Waals surface area (Å²) < 4.78 is 54.0. The van der Waals surface area contributed by atoms with Gasteiger partial charge in [0, 0.05) is 24.0 Å². The molecule has 130 valence electrons. The average Bonchev–Trinajstić information content (AvgIpc) is 2.89. The van der Waals surface area contributed by atoms with E-state index in [-0.39, 0.29) is 0 Å². The number of nitrogens with zero attached hydrogens (tertiary/aromatic N) is 2. The van der Waals surface area contributed by atoms with E-state index in [9.17, 15) is 17.6 Å². The summed E-state index contributed by atoms with van der Waals surface area (Å²) in [6, 6.07) is 10.7. The number of benzene rings is 2. The van der Waals surface area contributed by atoms with Gasteiger partial charge in [-0.1, -0.05) is 30.3 Å². The first kappa shape index (κ1) is 17.2. The Kier molecular flexibility index (Phi) is 4.37. The van der Waals surface area contributed by atoms with Gasteiger partial charge in [0.2, 0.25) is 0 Å². The first-order chi connectivity index (χ1) is 11.8. The Hall–Kier alpha value is -2.63. The third-order valence-corrected chi connectivity index (χ3v) is 4.18. The molecule has 0 radical (unpaired) electrons. The van der Waals surface area contributed by atoms with Crippen LogP contribution in [-0.2, 0) is 12.7 Å². The zero-order chi connectivity index (χ0) is 18.2. The summed E-state index contributed by atoms with van der Waals surface area (Å²) in [5.74, 6) is -0.860. The van der Waals surface area contributed by atoms with Crippen molar-refractivity contribution in [3.8, 4) is 11.4 Å². The second-order valence-electron chi connectivity index (χ2n) is 5.93. The molecular formula is C19H16F4N2. The van der Waals surface area contributed by atoms with Crippen LogP contribution in [0.2, 0.25) is 0 Å². The van der Waals surface area contributed by atoms with Crippen LogP contribution in [-0.4, -0.2) is 9.55 Å². The summed E-state index contributed by atoms with van der Waals surface area (Å²) in [7, 11) is 0. The van der Waals surface area contributed by atoms with Crippen molar-refractivity contribution in [3.63, 3.8) is 0 Å². The van der Waals surface area contributed by atoms with Crippen molar-refractivity contribution in [2.24, 2.45) is 0 Å². The maximum absolute atomic E-state index is 13.9. The lowest BCUT2D eigenvalue weighted by molar-refractivity contribution is -0.139. The van der Waals surface area contributed by atoms with Crippen molar-refractivity contribution in [2.45, 2.75) is 26.6 Å². The van der Waals surface area contributed by atoms with Crippen molar-refractivity contribution in [1.82, 2.24) is 9.55 Å². The Labute approximate surface area is 142 Å². The maximum atomic E-state index is 13.9. The summed E-state index contributed by atoms with van der Waals surface area (Å²) in [6.45, 7) is 4.35. The van der Waals surface area contributed by atoms with Crippen LogP contribution >= 0.6 is 0 Å². The minimum absolute atomic E-state index is 0.312. The van der Waals surface area contributed by atoms with Crippen LogP contribution in [0.3, 0.4) is 0 Å². The molecule has 0 atom stereocenters. The fraction of sp³-hybridized carbons (Fsp3) is 0.211. The molecule has 1 aromatic heterocycles. The average molecular weight is 348 g/mol. The van der Waals surface area contributed by atoms with Gasteiger partial charge in [0.05, 0.1) is 5.56 Å². The SMILES string of the molecule is Cc1ccccc1Cn1c(C)cnc1-c1ccc(C(F)(F)F)c(F)c1. The number of hydrogen-bond donors (Lipinski definition) is 0. The van der Waals surface area contributed by atoms with Crippen molar-refractivity contribution in [3.05, 3.63) is 76.9 Å². The van der Waals surface area contributed by atoms with Gasteiger partial charge in [0.1, 0.15) is 11.6 Å². The number of rotatable bonds is 3. The number of aromatic nitrogens is 2. The zero-order valence-corrected chi connectivity index (χ0v) is 13.7. The van der Waals surface area contributed by atoms with E-state index in [2.05, 4.69) is 4.98 Å². The number of alkyl halides is 3. The molecule has 0 saturated carbocycles. The summed E-state index contributed by atoms with van der Waals surface area (Å²) >= 11 is 0. The van der Waals surface area contributed by atoms with Gasteiger partial charge in [-0.2, -0.15) is 13.2 Å². The van der Waals surface area contributed by atoms with Gasteiger partial charge in [-0.05, 0) is 37.1 Å². The monoisotopic (exact) mass is 348 g/mol. The van der Waals surface area contributed by atoms with E-state index in [0.717, 1.165) is 29.0 Å². The van der Waals surface area contributed by atoms with Crippen LogP contribution in [0.15, 0.2) is 48.7 Å². The molecule has 0 aliphatic rings. The van der Waals surface area contributed by atoms with E-state index < -0.39 is 17.6 Å². The van der Waals surface area contributed by atoms with Gasteiger partial charge in [-0.15, -0.1) is 0 Å². The number of hydrogen-bond acceptors (Lipinski definition) is 1. The Morgan fingerprint density at radius 2 is 1.76 bits per heavy atom. The van der Waals surface area contributed by atoms with Gasteiger partial charge in [0.15, 0.2) is 0 Å². The fourth-order valence-electron chi connectivity index (χ4n) is 2.73. The van der Waals surface area contributed by atoms with Crippen molar-refractivity contribution < 1.29 is 17.6 Å². The van der Waals surface area contributed by atoms with E-state index in [1.54, 1.807) is 6.20 Å². The third kappa shape index (κ3) is 3.43. The summed E-state index contributed by atoms with van der Waals surface area (Å²) in [5.41, 5.74) is 2.05. The minimum Gasteiger partial charge on any atom is -0.324 e. The predicted molar refractivity (Wildman–Crippen MR) is 87.6 cm³/mol. The number of halogens is 4. The molecule has 25 heavy (non-hydrogen) atoms. The van der Waals surface area contributed by atoms with E-state index >= 15 is 0 Å². The highest BCUT2D eigenvalue weighted by Crippen LogP contribution is 2.33. The first-order valence-corrected chi connectivity index (χ1v) is 7.71. The topological polar surface area (TPSA) is 17.8 Å². The lowest BCUT2D eigenvalue weighted by atomic mass is 10.1. The molecule has 0 fully saturated rings. The molecule has 6 heteroatoms. The second kappa shape index (κ2) is 6.35. The molecule has 0 aliphatic heterocycles. The van der Waals surface area contributed by atoms with Gasteiger partial charge < -0.3 is 4.57 Å². The fourth-order valence-corrected chi connectivity index (χ4v) is 2.73. The number of aryl methyl sites for hydroxylation is 2. The minimum atomic E-state index is -4.71. The molecule has 3 rings (SSSR count). The molecule has 2 aromatic carbocycles.